The molecule has 0 atom stereocenters. The van der Waals surface area contributed by atoms with Gasteiger partial charge in [-0.25, -0.2) is 4.98 Å². The number of anilines is 2. The number of nitrogens with one attached hydrogen (secondary N) is 1. The summed E-state index contributed by atoms with van der Waals surface area (Å²) < 4.78 is 1.82. The molecule has 1 amide bonds. The topological polar surface area (TPSA) is 90.0 Å². The number of benzene rings is 2. The number of aryl methyl sites for hydroxylation is 1. The van der Waals surface area contributed by atoms with E-state index in [1.165, 1.54) is 6.07 Å². The normalized spacial score (nSPS) is 10.8. The first-order chi connectivity index (χ1) is 13.5. The van der Waals surface area contributed by atoms with Crippen LogP contribution >= 0.6 is 0 Å². The molecule has 28 heavy (non-hydrogen) atoms. The molecule has 0 aliphatic rings. The third-order valence-electron chi connectivity index (χ3n) is 4.42. The maximum Gasteiger partial charge on any atom is 0.249 e. The number of para-hydroxylation sites is 2. The lowest BCUT2D eigenvalue weighted by Crippen LogP contribution is -2.20. The molecule has 0 aliphatic heterocycles. The number of amides is 1. The van der Waals surface area contributed by atoms with Crippen LogP contribution in [0.4, 0.5) is 11.5 Å². The van der Waals surface area contributed by atoms with Crippen molar-refractivity contribution in [3.63, 3.8) is 0 Å². The van der Waals surface area contributed by atoms with Crippen LogP contribution in [0.3, 0.4) is 0 Å². The summed E-state index contributed by atoms with van der Waals surface area (Å²) in [4.78, 5) is 29.5. The number of carbonyl (C=O) groups is 1. The van der Waals surface area contributed by atoms with E-state index in [-0.39, 0.29) is 16.4 Å². The van der Waals surface area contributed by atoms with Crippen molar-refractivity contribution >= 4 is 28.4 Å². The molecule has 4 aromatic rings. The molecule has 0 unspecified atom stereocenters. The molecule has 0 spiro atoms. The van der Waals surface area contributed by atoms with Crippen molar-refractivity contribution in [1.82, 2.24) is 9.55 Å². The Bertz CT molecular complexity index is 1230. The molecule has 138 valence electrons. The van der Waals surface area contributed by atoms with Crippen LogP contribution < -0.4 is 16.5 Å². The largest absolute Gasteiger partial charge is 0.366 e. The van der Waals surface area contributed by atoms with Crippen LogP contribution in [-0.2, 0) is 0 Å². The minimum Gasteiger partial charge on any atom is -0.366 e. The zero-order valence-corrected chi connectivity index (χ0v) is 15.2. The smallest absolute Gasteiger partial charge is 0.249 e. The standard InChI is InChI=1S/C22H18N4O2/c1-14-12-17(21(23)28)20-18(27)13-19(25-15-8-4-2-5-9-15)26(22(20)24-14)16-10-6-3-7-11-16/h2-13,25H,1H3,(H2,23,28). The number of fused-ring (bicyclic) bond motifs is 1. The molecule has 0 bridgehead atoms. The SMILES string of the molecule is Cc1cc(C(N)=O)c2c(=O)cc(Nc3ccccc3)n(-c3ccccc3)c2n1. The summed E-state index contributed by atoms with van der Waals surface area (Å²) in [6, 6.07) is 22.1. The van der Waals surface area contributed by atoms with Gasteiger partial charge in [-0.1, -0.05) is 36.4 Å². The fraction of sp³-hybridized carbons (Fsp3) is 0.0455. The monoisotopic (exact) mass is 370 g/mol. The highest BCUT2D eigenvalue weighted by atomic mass is 16.1. The van der Waals surface area contributed by atoms with E-state index in [9.17, 15) is 9.59 Å². The summed E-state index contributed by atoms with van der Waals surface area (Å²) >= 11 is 0. The summed E-state index contributed by atoms with van der Waals surface area (Å²) in [6.45, 7) is 1.77. The molecule has 0 saturated heterocycles. The number of primary amides is 1. The maximum absolute atomic E-state index is 12.9. The van der Waals surface area contributed by atoms with Crippen molar-refractivity contribution in [2.24, 2.45) is 5.73 Å². The van der Waals surface area contributed by atoms with E-state index in [1.807, 2.05) is 65.2 Å². The average Bonchev–Trinajstić information content (AvgIpc) is 2.68. The predicted octanol–water partition coefficient (Wildman–Crippen LogP) is 3.54. The Kier molecular flexibility index (Phi) is 4.37. The summed E-state index contributed by atoms with van der Waals surface area (Å²) in [5.41, 5.74) is 8.00. The molecule has 0 aliphatic carbocycles. The molecular weight excluding hydrogens is 352 g/mol. The van der Waals surface area contributed by atoms with Crippen LogP contribution in [0.15, 0.2) is 77.6 Å². The van der Waals surface area contributed by atoms with E-state index >= 15 is 0 Å². The fourth-order valence-corrected chi connectivity index (χ4v) is 3.23. The highest BCUT2D eigenvalue weighted by Crippen LogP contribution is 2.26. The number of aromatic nitrogens is 2. The summed E-state index contributed by atoms with van der Waals surface area (Å²) in [5, 5.41) is 3.49. The summed E-state index contributed by atoms with van der Waals surface area (Å²) in [6.07, 6.45) is 0. The van der Waals surface area contributed by atoms with Gasteiger partial charge in [0.1, 0.15) is 5.82 Å². The Morgan fingerprint density at radius 1 is 1.00 bits per heavy atom. The van der Waals surface area contributed by atoms with Gasteiger partial charge in [0.05, 0.1) is 10.9 Å². The van der Waals surface area contributed by atoms with Crippen LogP contribution in [0.1, 0.15) is 16.1 Å². The van der Waals surface area contributed by atoms with Crippen LogP contribution in [0.25, 0.3) is 16.7 Å². The van der Waals surface area contributed by atoms with Crippen LogP contribution in [0.5, 0.6) is 0 Å². The lowest BCUT2D eigenvalue weighted by molar-refractivity contribution is 0.100. The van der Waals surface area contributed by atoms with Gasteiger partial charge in [-0.2, -0.15) is 0 Å². The number of hydrogen-bond donors (Lipinski definition) is 2. The fourth-order valence-electron chi connectivity index (χ4n) is 3.23. The van der Waals surface area contributed by atoms with E-state index in [4.69, 9.17) is 5.73 Å². The molecule has 3 N–H and O–H groups in total. The lowest BCUT2D eigenvalue weighted by atomic mass is 10.1. The van der Waals surface area contributed by atoms with Gasteiger partial charge in [0.2, 0.25) is 5.91 Å². The Morgan fingerprint density at radius 3 is 2.29 bits per heavy atom. The first-order valence-electron chi connectivity index (χ1n) is 8.79. The number of pyridine rings is 2. The molecular formula is C22H18N4O2. The zero-order chi connectivity index (χ0) is 19.7. The van der Waals surface area contributed by atoms with Crippen molar-refractivity contribution in [2.75, 3.05) is 5.32 Å². The molecule has 2 aromatic carbocycles. The van der Waals surface area contributed by atoms with E-state index in [2.05, 4.69) is 10.3 Å². The minimum atomic E-state index is -0.656. The number of nitrogens with two attached hydrogens (primary N) is 1. The Morgan fingerprint density at radius 2 is 1.64 bits per heavy atom. The maximum atomic E-state index is 12.9. The van der Waals surface area contributed by atoms with Crippen LogP contribution in [0, 0.1) is 6.92 Å². The van der Waals surface area contributed by atoms with Crippen LogP contribution in [-0.4, -0.2) is 15.5 Å². The van der Waals surface area contributed by atoms with E-state index in [0.29, 0.717) is 17.2 Å². The second-order valence-corrected chi connectivity index (χ2v) is 6.43. The van der Waals surface area contributed by atoms with Crippen LogP contribution in [0.2, 0.25) is 0 Å². The number of nitrogens with zero attached hydrogens (tertiary/aromatic N) is 2. The molecule has 6 nitrogen and oxygen atoms in total. The quantitative estimate of drug-likeness (QED) is 0.575. The highest BCUT2D eigenvalue weighted by molar-refractivity contribution is 6.05. The highest BCUT2D eigenvalue weighted by Gasteiger charge is 2.18. The van der Waals surface area contributed by atoms with Gasteiger partial charge >= 0.3 is 0 Å². The first kappa shape index (κ1) is 17.5. The number of carbonyl (C=O) groups excluding carboxylic acids is 1. The van der Waals surface area contributed by atoms with Gasteiger partial charge < -0.3 is 11.1 Å². The third-order valence-corrected chi connectivity index (χ3v) is 4.42. The zero-order valence-electron chi connectivity index (χ0n) is 15.2. The van der Waals surface area contributed by atoms with Gasteiger partial charge in [0, 0.05) is 23.1 Å². The molecule has 4 rings (SSSR count). The Labute approximate surface area is 161 Å². The molecule has 2 aromatic heterocycles. The molecule has 6 heteroatoms. The average molecular weight is 370 g/mol. The van der Waals surface area contributed by atoms with Gasteiger partial charge in [-0.3, -0.25) is 14.2 Å². The molecule has 0 radical (unpaired) electrons. The van der Waals surface area contributed by atoms with Gasteiger partial charge in [0.25, 0.3) is 0 Å². The Balaban J connectivity index is 2.10. The van der Waals surface area contributed by atoms with Crippen molar-refractivity contribution in [3.8, 4) is 5.69 Å². The number of rotatable bonds is 4. The second kappa shape index (κ2) is 7.00. The van der Waals surface area contributed by atoms with E-state index in [0.717, 1.165) is 11.4 Å². The van der Waals surface area contributed by atoms with Crippen molar-refractivity contribution in [2.45, 2.75) is 6.92 Å². The van der Waals surface area contributed by atoms with Crippen molar-refractivity contribution in [3.05, 3.63) is 94.3 Å². The van der Waals surface area contributed by atoms with E-state index < -0.39 is 5.91 Å². The van der Waals surface area contributed by atoms with Gasteiger partial charge in [0.15, 0.2) is 11.1 Å². The minimum absolute atomic E-state index is 0.170. The van der Waals surface area contributed by atoms with E-state index in [1.54, 1.807) is 13.0 Å². The molecule has 0 fully saturated rings. The number of hydrogen-bond acceptors (Lipinski definition) is 4. The van der Waals surface area contributed by atoms with Gasteiger partial charge in [-0.05, 0) is 37.3 Å². The van der Waals surface area contributed by atoms with Crippen molar-refractivity contribution < 1.29 is 4.79 Å². The van der Waals surface area contributed by atoms with Crippen molar-refractivity contribution in [1.29, 1.82) is 0 Å². The first-order valence-corrected chi connectivity index (χ1v) is 8.79. The second-order valence-electron chi connectivity index (χ2n) is 6.43. The third kappa shape index (κ3) is 3.12. The summed E-state index contributed by atoms with van der Waals surface area (Å²) in [7, 11) is 0. The lowest BCUT2D eigenvalue weighted by Gasteiger charge is -2.18. The summed E-state index contributed by atoms with van der Waals surface area (Å²) in [5.74, 6) is -0.112. The molecule has 2 heterocycles. The molecule has 0 saturated carbocycles. The predicted molar refractivity (Wildman–Crippen MR) is 110 cm³/mol. The Hall–Kier alpha value is -3.93. The van der Waals surface area contributed by atoms with Gasteiger partial charge in [-0.15, -0.1) is 0 Å².